The highest BCUT2D eigenvalue weighted by Gasteiger charge is 2.18. The van der Waals surface area contributed by atoms with Crippen molar-refractivity contribution >= 4 is 5.91 Å². The Labute approximate surface area is 131 Å². The van der Waals surface area contributed by atoms with Crippen LogP contribution in [-0.4, -0.2) is 26.7 Å². The van der Waals surface area contributed by atoms with Gasteiger partial charge in [0.05, 0.1) is 7.11 Å². The molecule has 4 nitrogen and oxygen atoms in total. The van der Waals surface area contributed by atoms with Crippen LogP contribution in [0.3, 0.4) is 0 Å². The summed E-state index contributed by atoms with van der Waals surface area (Å²) in [6.07, 6.45) is 0.193. The summed E-state index contributed by atoms with van der Waals surface area (Å²) in [5.74, 6) is 0.707. The van der Waals surface area contributed by atoms with Crippen LogP contribution in [0.4, 0.5) is 0 Å². The zero-order chi connectivity index (χ0) is 15.8. The Hall–Kier alpha value is -2.33. The maximum Gasteiger partial charge on any atom is 0.253 e. The van der Waals surface area contributed by atoms with Gasteiger partial charge >= 0.3 is 0 Å². The predicted octanol–water partition coefficient (Wildman–Crippen LogP) is 2.74. The number of hydrogen-bond acceptors (Lipinski definition) is 3. The highest BCUT2D eigenvalue weighted by molar-refractivity contribution is 5.82. The number of benzene rings is 2. The third kappa shape index (κ3) is 4.33. The van der Waals surface area contributed by atoms with Crippen molar-refractivity contribution in [3.05, 3.63) is 65.7 Å². The SMILES string of the molecule is COc1ccc(CCNC(=O)[C@H](OC)c2ccccc2)cc1. The molecule has 0 saturated carbocycles. The molecule has 0 saturated heterocycles. The van der Waals surface area contributed by atoms with Gasteiger partial charge < -0.3 is 14.8 Å². The van der Waals surface area contributed by atoms with E-state index in [-0.39, 0.29) is 5.91 Å². The molecule has 0 aliphatic carbocycles. The van der Waals surface area contributed by atoms with Crippen LogP contribution in [0.15, 0.2) is 54.6 Å². The topological polar surface area (TPSA) is 47.6 Å². The Bertz CT molecular complexity index is 581. The summed E-state index contributed by atoms with van der Waals surface area (Å²) in [5.41, 5.74) is 2.00. The van der Waals surface area contributed by atoms with Crippen LogP contribution in [-0.2, 0) is 16.0 Å². The van der Waals surface area contributed by atoms with Gasteiger partial charge in [-0.2, -0.15) is 0 Å². The lowest BCUT2D eigenvalue weighted by Crippen LogP contribution is -2.31. The molecular formula is C18H21NO3. The molecule has 0 bridgehead atoms. The molecule has 0 spiro atoms. The third-order valence-electron chi connectivity index (χ3n) is 3.45. The number of carbonyl (C=O) groups excluding carboxylic acids is 1. The third-order valence-corrected chi connectivity index (χ3v) is 3.45. The standard InChI is InChI=1S/C18H21NO3/c1-21-16-10-8-14(9-11-16)12-13-19-18(20)17(22-2)15-6-4-3-5-7-15/h3-11,17H,12-13H2,1-2H3,(H,19,20)/t17-/m1/s1. The summed E-state index contributed by atoms with van der Waals surface area (Å²) in [4.78, 5) is 12.2. The molecule has 1 amide bonds. The minimum absolute atomic E-state index is 0.123. The Morgan fingerprint density at radius 1 is 1.05 bits per heavy atom. The highest BCUT2D eigenvalue weighted by Crippen LogP contribution is 2.16. The van der Waals surface area contributed by atoms with Crippen molar-refractivity contribution in [1.29, 1.82) is 0 Å². The van der Waals surface area contributed by atoms with E-state index in [1.807, 2.05) is 54.6 Å². The second kappa shape index (κ2) is 8.20. The molecule has 2 rings (SSSR count). The quantitative estimate of drug-likeness (QED) is 0.855. The van der Waals surface area contributed by atoms with Crippen molar-refractivity contribution in [1.82, 2.24) is 5.32 Å². The Morgan fingerprint density at radius 3 is 2.32 bits per heavy atom. The fraction of sp³-hybridized carbons (Fsp3) is 0.278. The second-order valence-corrected chi connectivity index (χ2v) is 4.92. The maximum absolute atomic E-state index is 12.2. The van der Waals surface area contributed by atoms with Crippen LogP contribution in [0.1, 0.15) is 17.2 Å². The minimum Gasteiger partial charge on any atom is -0.497 e. The normalized spacial score (nSPS) is 11.7. The molecular weight excluding hydrogens is 278 g/mol. The average Bonchev–Trinajstić information content (AvgIpc) is 2.57. The van der Waals surface area contributed by atoms with Crippen LogP contribution < -0.4 is 10.1 Å². The van der Waals surface area contributed by atoms with Crippen molar-refractivity contribution in [2.75, 3.05) is 20.8 Å². The fourth-order valence-corrected chi connectivity index (χ4v) is 2.24. The first-order chi connectivity index (χ1) is 10.7. The van der Waals surface area contributed by atoms with Gasteiger partial charge in [0.25, 0.3) is 5.91 Å². The van der Waals surface area contributed by atoms with Crippen molar-refractivity contribution in [2.24, 2.45) is 0 Å². The molecule has 2 aromatic rings. The number of ether oxygens (including phenoxy) is 2. The van der Waals surface area contributed by atoms with Crippen molar-refractivity contribution in [3.8, 4) is 5.75 Å². The lowest BCUT2D eigenvalue weighted by molar-refractivity contribution is -0.131. The monoisotopic (exact) mass is 299 g/mol. The molecule has 0 heterocycles. The molecule has 0 fully saturated rings. The van der Waals surface area contributed by atoms with Crippen LogP contribution >= 0.6 is 0 Å². The first kappa shape index (κ1) is 16.0. The van der Waals surface area contributed by atoms with Gasteiger partial charge in [0, 0.05) is 13.7 Å². The number of nitrogens with one attached hydrogen (secondary N) is 1. The predicted molar refractivity (Wildman–Crippen MR) is 85.9 cm³/mol. The maximum atomic E-state index is 12.2. The Morgan fingerprint density at radius 2 is 1.73 bits per heavy atom. The largest absolute Gasteiger partial charge is 0.497 e. The van der Waals surface area contributed by atoms with Crippen molar-refractivity contribution in [3.63, 3.8) is 0 Å². The summed E-state index contributed by atoms with van der Waals surface area (Å²) >= 11 is 0. The summed E-state index contributed by atoms with van der Waals surface area (Å²) in [6.45, 7) is 0.567. The molecule has 116 valence electrons. The van der Waals surface area contributed by atoms with Gasteiger partial charge in [0.15, 0.2) is 6.10 Å². The van der Waals surface area contributed by atoms with E-state index in [2.05, 4.69) is 5.32 Å². The highest BCUT2D eigenvalue weighted by atomic mass is 16.5. The van der Waals surface area contributed by atoms with E-state index in [4.69, 9.17) is 9.47 Å². The van der Waals surface area contributed by atoms with E-state index in [0.29, 0.717) is 6.54 Å². The lowest BCUT2D eigenvalue weighted by atomic mass is 10.1. The van der Waals surface area contributed by atoms with E-state index in [1.165, 1.54) is 0 Å². The Balaban J connectivity index is 1.86. The minimum atomic E-state index is -0.572. The number of methoxy groups -OCH3 is 2. The smallest absolute Gasteiger partial charge is 0.253 e. The molecule has 0 aliphatic rings. The Kier molecular flexibility index (Phi) is 5.98. The van der Waals surface area contributed by atoms with Gasteiger partial charge in [-0.3, -0.25) is 4.79 Å². The van der Waals surface area contributed by atoms with Gasteiger partial charge in [-0.15, -0.1) is 0 Å². The zero-order valence-corrected chi connectivity index (χ0v) is 12.9. The van der Waals surface area contributed by atoms with Crippen LogP contribution in [0.2, 0.25) is 0 Å². The van der Waals surface area contributed by atoms with E-state index in [9.17, 15) is 4.79 Å². The van der Waals surface area contributed by atoms with E-state index in [0.717, 1.165) is 23.3 Å². The fourth-order valence-electron chi connectivity index (χ4n) is 2.24. The summed E-state index contributed by atoms with van der Waals surface area (Å²) < 4.78 is 10.4. The average molecular weight is 299 g/mol. The van der Waals surface area contributed by atoms with Gasteiger partial charge in [-0.05, 0) is 29.7 Å². The van der Waals surface area contributed by atoms with E-state index < -0.39 is 6.10 Å². The molecule has 22 heavy (non-hydrogen) atoms. The molecule has 2 aromatic carbocycles. The molecule has 4 heteroatoms. The summed E-state index contributed by atoms with van der Waals surface area (Å²) in [6, 6.07) is 17.3. The molecule has 1 N–H and O–H groups in total. The molecule has 0 radical (unpaired) electrons. The lowest BCUT2D eigenvalue weighted by Gasteiger charge is -2.15. The van der Waals surface area contributed by atoms with Crippen LogP contribution in [0.25, 0.3) is 0 Å². The van der Waals surface area contributed by atoms with E-state index in [1.54, 1.807) is 14.2 Å². The first-order valence-corrected chi connectivity index (χ1v) is 7.23. The molecule has 1 atom stereocenters. The van der Waals surface area contributed by atoms with Gasteiger partial charge in [0.2, 0.25) is 0 Å². The van der Waals surface area contributed by atoms with E-state index >= 15 is 0 Å². The van der Waals surface area contributed by atoms with Crippen molar-refractivity contribution in [2.45, 2.75) is 12.5 Å². The molecule has 0 aromatic heterocycles. The summed E-state index contributed by atoms with van der Waals surface area (Å²) in [5, 5.41) is 2.91. The van der Waals surface area contributed by atoms with Gasteiger partial charge in [0.1, 0.15) is 5.75 Å². The number of amides is 1. The second-order valence-electron chi connectivity index (χ2n) is 4.92. The number of carbonyl (C=O) groups is 1. The molecule has 0 unspecified atom stereocenters. The van der Waals surface area contributed by atoms with Gasteiger partial charge in [-0.25, -0.2) is 0 Å². The van der Waals surface area contributed by atoms with Gasteiger partial charge in [-0.1, -0.05) is 42.5 Å². The van der Waals surface area contributed by atoms with Crippen LogP contribution in [0, 0.1) is 0 Å². The zero-order valence-electron chi connectivity index (χ0n) is 12.9. The van der Waals surface area contributed by atoms with Crippen LogP contribution in [0.5, 0.6) is 5.75 Å². The summed E-state index contributed by atoms with van der Waals surface area (Å²) in [7, 11) is 3.18. The molecule has 0 aliphatic heterocycles. The number of rotatable bonds is 7. The first-order valence-electron chi connectivity index (χ1n) is 7.23. The number of hydrogen-bond donors (Lipinski definition) is 1. The van der Waals surface area contributed by atoms with Crippen molar-refractivity contribution < 1.29 is 14.3 Å².